The van der Waals surface area contributed by atoms with Gasteiger partial charge < -0.3 is 14.8 Å². The Balaban J connectivity index is 1.47. The first-order valence-electron chi connectivity index (χ1n) is 7.49. The zero-order valence-corrected chi connectivity index (χ0v) is 12.1. The SMILES string of the molecule is O=C(CCc1cn[nH]c1)N[C@H]1COC[C@@H]1N1CCOCC1. The first kappa shape index (κ1) is 14.5. The number of ether oxygens (including phenoxy) is 2. The van der Waals surface area contributed by atoms with Crippen molar-refractivity contribution in [1.29, 1.82) is 0 Å². The third kappa shape index (κ3) is 3.81. The molecule has 0 aromatic carbocycles. The number of aryl methyl sites for hydroxylation is 1. The van der Waals surface area contributed by atoms with Gasteiger partial charge in [0.2, 0.25) is 5.91 Å². The van der Waals surface area contributed by atoms with Crippen LogP contribution in [-0.2, 0) is 20.7 Å². The van der Waals surface area contributed by atoms with E-state index in [0.717, 1.165) is 31.9 Å². The van der Waals surface area contributed by atoms with E-state index in [1.54, 1.807) is 6.20 Å². The normalized spacial score (nSPS) is 26.9. The third-order valence-electron chi connectivity index (χ3n) is 4.11. The Labute approximate surface area is 124 Å². The van der Waals surface area contributed by atoms with Crippen molar-refractivity contribution in [3.63, 3.8) is 0 Å². The minimum atomic E-state index is 0.0740. The minimum absolute atomic E-state index is 0.0740. The summed E-state index contributed by atoms with van der Waals surface area (Å²) in [5, 5.41) is 9.75. The fraction of sp³-hybridized carbons (Fsp3) is 0.714. The molecule has 1 amide bonds. The highest BCUT2D eigenvalue weighted by molar-refractivity contribution is 5.76. The molecule has 2 saturated heterocycles. The summed E-state index contributed by atoms with van der Waals surface area (Å²) in [7, 11) is 0. The van der Waals surface area contributed by atoms with Crippen LogP contribution in [0.4, 0.5) is 0 Å². The molecule has 2 aliphatic heterocycles. The zero-order chi connectivity index (χ0) is 14.5. The third-order valence-corrected chi connectivity index (χ3v) is 4.11. The topological polar surface area (TPSA) is 79.5 Å². The molecule has 3 rings (SSSR count). The van der Waals surface area contributed by atoms with Crippen molar-refractivity contribution < 1.29 is 14.3 Å². The zero-order valence-electron chi connectivity index (χ0n) is 12.1. The van der Waals surface area contributed by atoms with E-state index >= 15 is 0 Å². The fourth-order valence-electron chi connectivity index (χ4n) is 2.90. The fourth-order valence-corrected chi connectivity index (χ4v) is 2.90. The number of rotatable bonds is 5. The summed E-state index contributed by atoms with van der Waals surface area (Å²) in [6, 6.07) is 0.353. The summed E-state index contributed by atoms with van der Waals surface area (Å²) >= 11 is 0. The van der Waals surface area contributed by atoms with Crippen molar-refractivity contribution in [3.8, 4) is 0 Å². The molecule has 7 heteroatoms. The van der Waals surface area contributed by atoms with Crippen LogP contribution < -0.4 is 5.32 Å². The molecule has 116 valence electrons. The van der Waals surface area contributed by atoms with Crippen LogP contribution in [0, 0.1) is 0 Å². The molecule has 7 nitrogen and oxygen atoms in total. The lowest BCUT2D eigenvalue weighted by molar-refractivity contribution is -0.122. The largest absolute Gasteiger partial charge is 0.379 e. The summed E-state index contributed by atoms with van der Waals surface area (Å²) < 4.78 is 10.9. The van der Waals surface area contributed by atoms with Gasteiger partial charge in [0.05, 0.1) is 44.7 Å². The second-order valence-electron chi connectivity index (χ2n) is 5.53. The van der Waals surface area contributed by atoms with Crippen LogP contribution >= 0.6 is 0 Å². The van der Waals surface area contributed by atoms with Gasteiger partial charge in [-0.3, -0.25) is 14.8 Å². The maximum absolute atomic E-state index is 12.1. The molecule has 1 aromatic heterocycles. The highest BCUT2D eigenvalue weighted by atomic mass is 16.5. The number of hydrogen-bond donors (Lipinski definition) is 2. The predicted octanol–water partition coefficient (Wildman–Crippen LogP) is -0.442. The van der Waals surface area contributed by atoms with E-state index in [9.17, 15) is 4.79 Å². The lowest BCUT2D eigenvalue weighted by Gasteiger charge is -2.34. The second kappa shape index (κ2) is 7.02. The summed E-state index contributed by atoms with van der Waals surface area (Å²) in [5.41, 5.74) is 1.05. The van der Waals surface area contributed by atoms with E-state index in [-0.39, 0.29) is 18.0 Å². The first-order valence-corrected chi connectivity index (χ1v) is 7.49. The highest BCUT2D eigenvalue weighted by Gasteiger charge is 2.34. The molecule has 2 N–H and O–H groups in total. The van der Waals surface area contributed by atoms with E-state index in [2.05, 4.69) is 20.4 Å². The molecule has 0 aliphatic carbocycles. The van der Waals surface area contributed by atoms with E-state index in [4.69, 9.17) is 9.47 Å². The van der Waals surface area contributed by atoms with Crippen molar-refractivity contribution in [3.05, 3.63) is 18.0 Å². The smallest absolute Gasteiger partial charge is 0.220 e. The summed E-state index contributed by atoms with van der Waals surface area (Å²) in [4.78, 5) is 14.4. The number of morpholine rings is 1. The maximum atomic E-state index is 12.1. The number of hydrogen-bond acceptors (Lipinski definition) is 5. The molecule has 2 fully saturated rings. The Kier molecular flexibility index (Phi) is 4.84. The number of carbonyl (C=O) groups excluding carboxylic acids is 1. The van der Waals surface area contributed by atoms with Crippen LogP contribution in [0.2, 0.25) is 0 Å². The first-order chi connectivity index (χ1) is 10.3. The Morgan fingerprint density at radius 2 is 2.24 bits per heavy atom. The summed E-state index contributed by atoms with van der Waals surface area (Å²) in [5.74, 6) is 0.0740. The molecule has 0 unspecified atom stereocenters. The van der Waals surface area contributed by atoms with Gasteiger partial charge in [-0.1, -0.05) is 0 Å². The molecule has 21 heavy (non-hydrogen) atoms. The van der Waals surface area contributed by atoms with Gasteiger partial charge in [-0.25, -0.2) is 0 Å². The molecule has 0 bridgehead atoms. The number of aromatic amines is 1. The lowest BCUT2D eigenvalue weighted by Crippen LogP contribution is -2.54. The van der Waals surface area contributed by atoms with Crippen LogP contribution in [-0.4, -0.2) is 72.6 Å². The molecule has 1 aromatic rings. The Morgan fingerprint density at radius 1 is 1.38 bits per heavy atom. The summed E-state index contributed by atoms with van der Waals surface area (Å²) in [6.07, 6.45) is 4.76. The monoisotopic (exact) mass is 294 g/mol. The van der Waals surface area contributed by atoms with E-state index in [1.807, 2.05) is 6.20 Å². The molecule has 2 aliphatic rings. The van der Waals surface area contributed by atoms with E-state index in [1.165, 1.54) is 0 Å². The van der Waals surface area contributed by atoms with Crippen molar-refractivity contribution in [2.75, 3.05) is 39.5 Å². The van der Waals surface area contributed by atoms with Gasteiger partial charge in [0.15, 0.2) is 0 Å². The molecule has 0 saturated carbocycles. The van der Waals surface area contributed by atoms with Crippen LogP contribution in [0.5, 0.6) is 0 Å². The summed E-state index contributed by atoms with van der Waals surface area (Å²) in [6.45, 7) is 4.63. The molecular formula is C14H22N4O3. The van der Waals surface area contributed by atoms with Crippen molar-refractivity contribution in [1.82, 2.24) is 20.4 Å². The van der Waals surface area contributed by atoms with Gasteiger partial charge in [0, 0.05) is 25.7 Å². The maximum Gasteiger partial charge on any atom is 0.220 e. The van der Waals surface area contributed by atoms with Crippen LogP contribution in [0.3, 0.4) is 0 Å². The van der Waals surface area contributed by atoms with Crippen LogP contribution in [0.25, 0.3) is 0 Å². The Bertz CT molecular complexity index is 445. The number of carbonyl (C=O) groups is 1. The minimum Gasteiger partial charge on any atom is -0.379 e. The number of aromatic nitrogens is 2. The van der Waals surface area contributed by atoms with Gasteiger partial charge in [0.25, 0.3) is 0 Å². The van der Waals surface area contributed by atoms with Gasteiger partial charge in [-0.05, 0) is 12.0 Å². The number of nitrogens with zero attached hydrogens (tertiary/aromatic N) is 2. The Hall–Kier alpha value is -1.44. The second-order valence-corrected chi connectivity index (χ2v) is 5.53. The van der Waals surface area contributed by atoms with E-state index < -0.39 is 0 Å². The standard InChI is InChI=1S/C14H22N4O3/c19-14(2-1-11-7-15-16-8-11)17-12-9-21-10-13(12)18-3-5-20-6-4-18/h7-8,12-13H,1-6,9-10H2,(H,15,16)(H,17,19)/t12-,13-/m0/s1. The lowest BCUT2D eigenvalue weighted by atomic mass is 10.1. The van der Waals surface area contributed by atoms with Gasteiger partial charge in [-0.15, -0.1) is 0 Å². The van der Waals surface area contributed by atoms with Gasteiger partial charge in [0.1, 0.15) is 0 Å². The average molecular weight is 294 g/mol. The van der Waals surface area contributed by atoms with Crippen LogP contribution in [0.15, 0.2) is 12.4 Å². The van der Waals surface area contributed by atoms with Crippen molar-refractivity contribution in [2.45, 2.75) is 24.9 Å². The van der Waals surface area contributed by atoms with E-state index in [0.29, 0.717) is 26.1 Å². The van der Waals surface area contributed by atoms with Crippen molar-refractivity contribution >= 4 is 5.91 Å². The van der Waals surface area contributed by atoms with Gasteiger partial charge in [-0.2, -0.15) is 5.10 Å². The number of nitrogens with one attached hydrogen (secondary N) is 2. The van der Waals surface area contributed by atoms with Crippen molar-refractivity contribution in [2.24, 2.45) is 0 Å². The predicted molar refractivity (Wildman–Crippen MR) is 75.8 cm³/mol. The highest BCUT2D eigenvalue weighted by Crippen LogP contribution is 2.15. The number of amides is 1. The Morgan fingerprint density at radius 3 is 3.00 bits per heavy atom. The van der Waals surface area contributed by atoms with Crippen LogP contribution in [0.1, 0.15) is 12.0 Å². The molecular weight excluding hydrogens is 272 g/mol. The molecule has 2 atom stereocenters. The quantitative estimate of drug-likeness (QED) is 0.769. The molecule has 3 heterocycles. The van der Waals surface area contributed by atoms with Gasteiger partial charge >= 0.3 is 0 Å². The number of H-pyrrole nitrogens is 1. The average Bonchev–Trinajstić information content (AvgIpc) is 3.17. The molecule has 0 radical (unpaired) electrons. The molecule has 0 spiro atoms.